The van der Waals surface area contributed by atoms with Gasteiger partial charge in [0.15, 0.2) is 0 Å². The monoisotopic (exact) mass is 777 g/mol. The van der Waals surface area contributed by atoms with Crippen LogP contribution in [0.25, 0.3) is 0 Å². The molecule has 0 atom stereocenters. The summed E-state index contributed by atoms with van der Waals surface area (Å²) in [5.41, 5.74) is 5.08. The Balaban J connectivity index is 0.00000729. The van der Waals surface area contributed by atoms with Crippen LogP contribution in [0.5, 0.6) is 11.5 Å². The Kier molecular flexibility index (Phi) is 18.5. The van der Waals surface area contributed by atoms with Crippen LogP contribution < -0.4 is 9.47 Å². The second-order valence-electron chi connectivity index (χ2n) is 10.9. The molecular weight excluding hydrogens is 737 g/mol. The van der Waals surface area contributed by atoms with Gasteiger partial charge in [0.05, 0.1) is 60.6 Å². The van der Waals surface area contributed by atoms with E-state index in [0.29, 0.717) is 67.7 Å². The molecule has 0 heterocycles. The van der Waals surface area contributed by atoms with E-state index in [0.717, 1.165) is 47.7 Å². The molecule has 4 aromatic carbocycles. The molecule has 265 valence electrons. The molecular formula is C39H40N6O6Y. The molecule has 0 amide bonds. The number of benzene rings is 4. The number of esters is 2. The molecule has 4 rings (SSSR count). The maximum absolute atomic E-state index is 11.0. The fraction of sp³-hybridized carbons (Fsp3) is 0.231. The van der Waals surface area contributed by atoms with Crippen LogP contribution in [0.2, 0.25) is 0 Å². The predicted octanol–water partition coefficient (Wildman–Crippen LogP) is 11.0. The Morgan fingerprint density at radius 1 is 0.519 bits per heavy atom. The first-order valence-corrected chi connectivity index (χ1v) is 16.4. The van der Waals surface area contributed by atoms with Gasteiger partial charge in [0.25, 0.3) is 0 Å². The average Bonchev–Trinajstić information content (AvgIpc) is 3.16. The number of unbranched alkanes of at least 4 members (excludes halogenated alkanes) is 2. The number of carbonyl (C=O) groups is 2. The van der Waals surface area contributed by atoms with Crippen molar-refractivity contribution in [3.63, 3.8) is 0 Å². The normalized spacial score (nSPS) is 10.9. The molecule has 0 bridgehead atoms. The van der Waals surface area contributed by atoms with E-state index < -0.39 is 11.9 Å². The number of carbonyl (C=O) groups excluding carboxylic acids is 2. The number of hydrogen-bond acceptors (Lipinski definition) is 12. The molecule has 4 aromatic rings. The molecule has 0 aromatic heterocycles. The topological polar surface area (TPSA) is 145 Å². The van der Waals surface area contributed by atoms with Gasteiger partial charge in [-0.25, -0.2) is 9.59 Å². The summed E-state index contributed by atoms with van der Waals surface area (Å²) >= 11 is 0. The van der Waals surface area contributed by atoms with Crippen molar-refractivity contribution >= 4 is 46.1 Å². The van der Waals surface area contributed by atoms with E-state index >= 15 is 0 Å². The Morgan fingerprint density at radius 2 is 0.865 bits per heavy atom. The molecule has 0 N–H and O–H groups in total. The fourth-order valence-corrected chi connectivity index (χ4v) is 4.21. The SMILES string of the molecule is C=CC(=O)OCCCCOc1ccc(N=Nc2ccc(N=Nc3ccc(N=Nc4ccc(OCCCCOC(=O)C=C)cc4)cc3C)cc2)cc1.[Y]. The van der Waals surface area contributed by atoms with Crippen molar-refractivity contribution in [1.29, 1.82) is 0 Å². The van der Waals surface area contributed by atoms with Crippen molar-refractivity contribution in [1.82, 2.24) is 0 Å². The molecule has 0 saturated carbocycles. The second-order valence-corrected chi connectivity index (χ2v) is 10.9. The third-order valence-electron chi connectivity index (χ3n) is 6.98. The maximum atomic E-state index is 11.0. The number of aryl methyl sites for hydroxylation is 1. The Hall–Kier alpha value is -5.20. The van der Waals surface area contributed by atoms with E-state index in [9.17, 15) is 9.59 Å². The summed E-state index contributed by atoms with van der Waals surface area (Å²) in [6.07, 6.45) is 5.25. The zero-order valence-electron chi connectivity index (χ0n) is 29.1. The van der Waals surface area contributed by atoms with Crippen LogP contribution in [0, 0.1) is 6.92 Å². The number of azo groups is 3. The molecule has 0 spiro atoms. The van der Waals surface area contributed by atoms with Crippen LogP contribution in [-0.2, 0) is 51.8 Å². The van der Waals surface area contributed by atoms with Gasteiger partial charge in [-0.3, -0.25) is 0 Å². The number of ether oxygens (including phenoxy) is 4. The van der Waals surface area contributed by atoms with Gasteiger partial charge >= 0.3 is 11.9 Å². The Labute approximate surface area is 328 Å². The van der Waals surface area contributed by atoms with Gasteiger partial charge in [-0.15, -0.1) is 0 Å². The predicted molar refractivity (Wildman–Crippen MR) is 195 cm³/mol. The molecule has 0 aliphatic heterocycles. The number of rotatable bonds is 20. The average molecular weight is 778 g/mol. The van der Waals surface area contributed by atoms with Crippen LogP contribution in [0.4, 0.5) is 34.1 Å². The Morgan fingerprint density at radius 3 is 1.27 bits per heavy atom. The summed E-state index contributed by atoms with van der Waals surface area (Å²) in [4.78, 5) is 22.1. The molecule has 52 heavy (non-hydrogen) atoms. The maximum Gasteiger partial charge on any atom is 0.330 e. The zero-order valence-corrected chi connectivity index (χ0v) is 31.9. The summed E-state index contributed by atoms with van der Waals surface area (Å²) in [6.45, 7) is 10.4. The van der Waals surface area contributed by atoms with Gasteiger partial charge < -0.3 is 18.9 Å². The van der Waals surface area contributed by atoms with E-state index in [-0.39, 0.29) is 32.7 Å². The van der Waals surface area contributed by atoms with Gasteiger partial charge in [-0.2, -0.15) is 30.7 Å². The minimum absolute atomic E-state index is 0. The van der Waals surface area contributed by atoms with Crippen LogP contribution in [0.3, 0.4) is 0 Å². The van der Waals surface area contributed by atoms with Crippen molar-refractivity contribution in [2.24, 2.45) is 30.7 Å². The number of nitrogens with zero attached hydrogens (tertiary/aromatic N) is 6. The van der Waals surface area contributed by atoms with Crippen LogP contribution in [-0.4, -0.2) is 38.4 Å². The molecule has 12 nitrogen and oxygen atoms in total. The van der Waals surface area contributed by atoms with E-state index in [4.69, 9.17) is 18.9 Å². The third-order valence-corrected chi connectivity index (χ3v) is 6.98. The van der Waals surface area contributed by atoms with Crippen molar-refractivity contribution in [3.05, 3.63) is 122 Å². The van der Waals surface area contributed by atoms with Gasteiger partial charge in [0, 0.05) is 44.9 Å². The van der Waals surface area contributed by atoms with E-state index in [1.54, 1.807) is 0 Å². The summed E-state index contributed by atoms with van der Waals surface area (Å²) in [6, 6.07) is 27.6. The fourth-order valence-electron chi connectivity index (χ4n) is 4.21. The van der Waals surface area contributed by atoms with Crippen LogP contribution >= 0.6 is 0 Å². The Bertz CT molecular complexity index is 1830. The minimum atomic E-state index is -0.416. The van der Waals surface area contributed by atoms with Crippen LogP contribution in [0.15, 0.2) is 147 Å². The van der Waals surface area contributed by atoms with Gasteiger partial charge in [0.1, 0.15) is 11.5 Å². The molecule has 0 aliphatic rings. The number of hydrogen-bond donors (Lipinski definition) is 0. The summed E-state index contributed by atoms with van der Waals surface area (Å²) in [5, 5.41) is 26.0. The molecule has 13 heteroatoms. The van der Waals surface area contributed by atoms with E-state index in [2.05, 4.69) is 43.8 Å². The molecule has 1 radical (unpaired) electrons. The molecule has 0 saturated heterocycles. The van der Waals surface area contributed by atoms with Crippen molar-refractivity contribution in [3.8, 4) is 11.5 Å². The molecule has 0 aliphatic carbocycles. The molecule has 0 unspecified atom stereocenters. The third kappa shape index (κ3) is 15.4. The smallest absolute Gasteiger partial charge is 0.330 e. The summed E-state index contributed by atoms with van der Waals surface area (Å²) < 4.78 is 21.3. The summed E-state index contributed by atoms with van der Waals surface area (Å²) in [7, 11) is 0. The largest absolute Gasteiger partial charge is 0.494 e. The van der Waals surface area contributed by atoms with Gasteiger partial charge in [-0.1, -0.05) is 13.2 Å². The summed E-state index contributed by atoms with van der Waals surface area (Å²) in [5.74, 6) is 0.623. The minimum Gasteiger partial charge on any atom is -0.494 e. The second kappa shape index (κ2) is 23.3. The quantitative estimate of drug-likeness (QED) is 0.0378. The molecule has 0 fully saturated rings. The first-order valence-electron chi connectivity index (χ1n) is 16.4. The standard InChI is InChI=1S/C39H40N6O6.Y/c1-4-38(46)50-26-8-6-24-48-35-19-14-32(15-20-35)41-40-30-10-12-31(13-11-30)43-45-37-23-18-34(28-29(37)3)44-42-33-16-21-36(22-17-33)49-25-7-9-27-51-39(47)5-2;/h4-5,10-23,28H,1-2,6-9,24-27H2,3H3;. The van der Waals surface area contributed by atoms with E-state index in [1.165, 1.54) is 0 Å². The van der Waals surface area contributed by atoms with Crippen molar-refractivity contribution in [2.45, 2.75) is 32.6 Å². The van der Waals surface area contributed by atoms with Crippen molar-refractivity contribution < 1.29 is 61.2 Å². The van der Waals surface area contributed by atoms with Crippen LogP contribution in [0.1, 0.15) is 31.2 Å². The first kappa shape index (κ1) is 41.2. The van der Waals surface area contributed by atoms with Gasteiger partial charge in [0.2, 0.25) is 0 Å². The van der Waals surface area contributed by atoms with Crippen molar-refractivity contribution in [2.75, 3.05) is 26.4 Å². The van der Waals surface area contributed by atoms with E-state index in [1.807, 2.05) is 97.9 Å². The first-order chi connectivity index (χ1) is 24.9. The van der Waals surface area contributed by atoms with Gasteiger partial charge in [-0.05, 0) is 129 Å². The zero-order chi connectivity index (χ0) is 36.1.